The highest BCUT2D eigenvalue weighted by atomic mass is 16.2. The Morgan fingerprint density at radius 1 is 1.24 bits per heavy atom. The summed E-state index contributed by atoms with van der Waals surface area (Å²) >= 11 is 0. The van der Waals surface area contributed by atoms with Crippen molar-refractivity contribution in [3.63, 3.8) is 0 Å². The highest BCUT2D eigenvalue weighted by molar-refractivity contribution is 5.83. The Balaban J connectivity index is 1.87. The molecule has 3 heterocycles. The van der Waals surface area contributed by atoms with E-state index in [0.29, 0.717) is 12.5 Å². The molecule has 3 aliphatic rings. The molecule has 0 aliphatic carbocycles. The van der Waals surface area contributed by atoms with Crippen LogP contribution < -0.4 is 5.32 Å². The van der Waals surface area contributed by atoms with Crippen molar-refractivity contribution in [2.75, 3.05) is 19.6 Å². The molecule has 1 N–H and O–H groups in total. The van der Waals surface area contributed by atoms with Gasteiger partial charge in [-0.1, -0.05) is 30.7 Å². The summed E-state index contributed by atoms with van der Waals surface area (Å²) in [6.07, 6.45) is 4.40. The molecule has 1 spiro atoms. The zero-order valence-corrected chi connectivity index (χ0v) is 15.9. The fourth-order valence-electron chi connectivity index (χ4n) is 5.36. The summed E-state index contributed by atoms with van der Waals surface area (Å²) in [6, 6.07) is 4.73. The Morgan fingerprint density at radius 3 is 2.64 bits per heavy atom. The predicted octanol–water partition coefficient (Wildman–Crippen LogP) is 3.68. The van der Waals surface area contributed by atoms with Gasteiger partial charge in [0.15, 0.2) is 0 Å². The normalized spacial score (nSPS) is 24.9. The van der Waals surface area contributed by atoms with E-state index in [1.165, 1.54) is 28.0 Å². The minimum Gasteiger partial charge on any atom is -0.317 e. The summed E-state index contributed by atoms with van der Waals surface area (Å²) in [7, 11) is 0. The highest BCUT2D eigenvalue weighted by Gasteiger charge is 2.53. The van der Waals surface area contributed by atoms with E-state index in [2.05, 4.69) is 61.0 Å². The van der Waals surface area contributed by atoms with Gasteiger partial charge < -0.3 is 10.2 Å². The summed E-state index contributed by atoms with van der Waals surface area (Å²) in [5.74, 6) is 0.340. The number of nitrogens with zero attached hydrogens (tertiary/aromatic N) is 2. The van der Waals surface area contributed by atoms with Gasteiger partial charge in [0, 0.05) is 18.2 Å². The van der Waals surface area contributed by atoms with Gasteiger partial charge in [-0.25, -0.2) is 4.79 Å². The number of carbonyl (C=O) groups excluding carboxylic acids is 1. The van der Waals surface area contributed by atoms with Crippen LogP contribution in [0, 0.1) is 13.8 Å². The Kier molecular flexibility index (Phi) is 3.91. The molecule has 0 bridgehead atoms. The second kappa shape index (κ2) is 5.87. The fraction of sp³-hybridized carbons (Fsp3) is 0.571. The minimum absolute atomic E-state index is 0.115. The van der Waals surface area contributed by atoms with Crippen molar-refractivity contribution in [1.82, 2.24) is 15.1 Å². The molecule has 1 aromatic rings. The van der Waals surface area contributed by atoms with Crippen molar-refractivity contribution < 1.29 is 4.79 Å². The lowest BCUT2D eigenvalue weighted by molar-refractivity contribution is 0.141. The third-order valence-electron chi connectivity index (χ3n) is 6.30. The number of piperidine rings is 1. The second-order valence-corrected chi connectivity index (χ2v) is 7.89. The lowest BCUT2D eigenvalue weighted by Gasteiger charge is -2.41. The zero-order valence-electron chi connectivity index (χ0n) is 15.9. The number of allylic oxidation sites excluding steroid dienone is 1. The molecule has 2 saturated heterocycles. The molecule has 0 radical (unpaired) electrons. The number of carbonyl (C=O) groups is 1. The SMILES string of the molecule is CCN1C(=O)N2Cc3cc(C)cc(C)c3C(C)C=C2C12CCNCC2. The van der Waals surface area contributed by atoms with E-state index in [-0.39, 0.29) is 11.6 Å². The maximum Gasteiger partial charge on any atom is 0.325 e. The van der Waals surface area contributed by atoms with Crippen molar-refractivity contribution in [2.24, 2.45) is 0 Å². The number of rotatable bonds is 1. The van der Waals surface area contributed by atoms with Crippen LogP contribution in [0.15, 0.2) is 23.9 Å². The van der Waals surface area contributed by atoms with E-state index in [0.717, 1.165) is 32.5 Å². The third-order valence-corrected chi connectivity index (χ3v) is 6.30. The first kappa shape index (κ1) is 16.6. The molecule has 3 aliphatic heterocycles. The van der Waals surface area contributed by atoms with Crippen molar-refractivity contribution >= 4 is 6.03 Å². The minimum atomic E-state index is -0.115. The first-order chi connectivity index (χ1) is 12.0. The Bertz CT molecular complexity index is 746. The third kappa shape index (κ3) is 2.34. The molecular formula is C21H29N3O. The van der Waals surface area contributed by atoms with Crippen molar-refractivity contribution in [2.45, 2.75) is 58.5 Å². The van der Waals surface area contributed by atoms with Crippen LogP contribution in [0.2, 0.25) is 0 Å². The number of benzene rings is 1. The van der Waals surface area contributed by atoms with Gasteiger partial charge in [-0.3, -0.25) is 4.90 Å². The largest absolute Gasteiger partial charge is 0.325 e. The van der Waals surface area contributed by atoms with Crippen molar-refractivity contribution in [1.29, 1.82) is 0 Å². The lowest BCUT2D eigenvalue weighted by Crippen LogP contribution is -2.52. The number of nitrogens with one attached hydrogen (secondary N) is 1. The van der Waals surface area contributed by atoms with E-state index in [1.54, 1.807) is 0 Å². The Labute approximate surface area is 150 Å². The summed E-state index contributed by atoms with van der Waals surface area (Å²) in [5, 5.41) is 3.47. The van der Waals surface area contributed by atoms with Crippen LogP contribution in [-0.4, -0.2) is 41.0 Å². The second-order valence-electron chi connectivity index (χ2n) is 7.89. The molecule has 4 nitrogen and oxygen atoms in total. The van der Waals surface area contributed by atoms with Crippen LogP contribution in [0.25, 0.3) is 0 Å². The maximum absolute atomic E-state index is 13.3. The van der Waals surface area contributed by atoms with Crippen LogP contribution in [0.4, 0.5) is 4.79 Å². The number of amides is 2. The maximum atomic E-state index is 13.3. The number of hydrogen-bond acceptors (Lipinski definition) is 2. The Morgan fingerprint density at radius 2 is 1.96 bits per heavy atom. The van der Waals surface area contributed by atoms with E-state index < -0.39 is 0 Å². The van der Waals surface area contributed by atoms with Crippen LogP contribution in [0.5, 0.6) is 0 Å². The van der Waals surface area contributed by atoms with Gasteiger partial charge >= 0.3 is 6.03 Å². The zero-order chi connectivity index (χ0) is 17.8. The van der Waals surface area contributed by atoms with Gasteiger partial charge in [0.2, 0.25) is 0 Å². The lowest BCUT2D eigenvalue weighted by atomic mass is 9.82. The molecule has 0 saturated carbocycles. The number of urea groups is 1. The monoisotopic (exact) mass is 339 g/mol. The molecular weight excluding hydrogens is 310 g/mol. The fourth-order valence-corrected chi connectivity index (χ4v) is 5.36. The van der Waals surface area contributed by atoms with Gasteiger partial charge in [-0.15, -0.1) is 0 Å². The summed E-state index contributed by atoms with van der Waals surface area (Å²) in [4.78, 5) is 17.5. The topological polar surface area (TPSA) is 35.6 Å². The standard InChI is InChI=1S/C21H29N3O/c1-5-24-20(25)23-13-17-11-14(2)10-15(3)19(17)16(4)12-18(23)21(24)6-8-22-9-7-21/h10-12,16,22H,5-9,13H2,1-4H3. The molecule has 1 unspecified atom stereocenters. The highest BCUT2D eigenvalue weighted by Crippen LogP contribution is 2.46. The van der Waals surface area contributed by atoms with Crippen LogP contribution >= 0.6 is 0 Å². The van der Waals surface area contributed by atoms with E-state index in [4.69, 9.17) is 0 Å². The van der Waals surface area contributed by atoms with Crippen LogP contribution in [0.3, 0.4) is 0 Å². The molecule has 25 heavy (non-hydrogen) atoms. The average molecular weight is 339 g/mol. The van der Waals surface area contributed by atoms with Gasteiger partial charge in [0.25, 0.3) is 0 Å². The molecule has 2 fully saturated rings. The van der Waals surface area contributed by atoms with Crippen LogP contribution in [-0.2, 0) is 6.54 Å². The molecule has 134 valence electrons. The van der Waals surface area contributed by atoms with E-state index in [1.807, 2.05) is 0 Å². The van der Waals surface area contributed by atoms with Crippen molar-refractivity contribution in [3.05, 3.63) is 46.2 Å². The smallest absolute Gasteiger partial charge is 0.317 e. The van der Waals surface area contributed by atoms with Gasteiger partial charge in [-0.2, -0.15) is 0 Å². The van der Waals surface area contributed by atoms with Gasteiger partial charge in [0.05, 0.1) is 12.1 Å². The first-order valence-corrected chi connectivity index (χ1v) is 9.60. The molecule has 1 aromatic carbocycles. The molecule has 4 heteroatoms. The summed E-state index contributed by atoms with van der Waals surface area (Å²) in [6.45, 7) is 12.2. The Hall–Kier alpha value is -1.81. The number of hydrogen-bond donors (Lipinski definition) is 1. The van der Waals surface area contributed by atoms with E-state index >= 15 is 0 Å². The van der Waals surface area contributed by atoms with Gasteiger partial charge in [0.1, 0.15) is 0 Å². The average Bonchev–Trinajstić information content (AvgIpc) is 2.69. The molecule has 2 amide bonds. The quantitative estimate of drug-likeness (QED) is 0.847. The molecule has 0 aromatic heterocycles. The summed E-state index contributed by atoms with van der Waals surface area (Å²) in [5.41, 5.74) is 6.49. The summed E-state index contributed by atoms with van der Waals surface area (Å²) < 4.78 is 0. The number of fused-ring (bicyclic) bond motifs is 3. The molecule has 4 rings (SSSR count). The van der Waals surface area contributed by atoms with Crippen LogP contribution in [0.1, 0.15) is 54.9 Å². The van der Waals surface area contributed by atoms with E-state index in [9.17, 15) is 4.79 Å². The number of aryl methyl sites for hydroxylation is 2. The number of likely N-dealkylation sites (N-methyl/N-ethyl adjacent to an activating group) is 1. The molecule has 1 atom stereocenters. The van der Waals surface area contributed by atoms with Crippen molar-refractivity contribution in [3.8, 4) is 0 Å². The first-order valence-electron chi connectivity index (χ1n) is 9.60. The van der Waals surface area contributed by atoms with Gasteiger partial charge in [-0.05, 0) is 63.4 Å². The predicted molar refractivity (Wildman–Crippen MR) is 101 cm³/mol.